The first kappa shape index (κ1) is 17.9. The summed E-state index contributed by atoms with van der Waals surface area (Å²) >= 11 is 0. The molecule has 0 saturated carbocycles. The molecule has 0 fully saturated rings. The average molecular weight is 331 g/mol. The molecule has 0 spiro atoms. The molecule has 24 heavy (non-hydrogen) atoms. The molecule has 1 aromatic heterocycles. The van der Waals surface area contributed by atoms with Crippen molar-refractivity contribution in [1.82, 2.24) is 25.2 Å². The van der Waals surface area contributed by atoms with E-state index >= 15 is 0 Å². The SMILES string of the molecule is CNCCN(C)C(=O)c1nnn(-c2ccc(OC(C)C)cc2)c1C. The molecule has 0 atom stereocenters. The van der Waals surface area contributed by atoms with Gasteiger partial charge in [-0.05, 0) is 52.1 Å². The lowest BCUT2D eigenvalue weighted by atomic mass is 10.2. The number of aromatic nitrogens is 3. The third kappa shape index (κ3) is 4.11. The molecule has 2 rings (SSSR count). The van der Waals surface area contributed by atoms with Crippen LogP contribution in [0.15, 0.2) is 24.3 Å². The molecular weight excluding hydrogens is 306 g/mol. The van der Waals surface area contributed by atoms with Crippen molar-refractivity contribution in [3.63, 3.8) is 0 Å². The zero-order chi connectivity index (χ0) is 17.7. The summed E-state index contributed by atoms with van der Waals surface area (Å²) in [7, 11) is 3.61. The van der Waals surface area contributed by atoms with Crippen molar-refractivity contribution in [2.45, 2.75) is 26.9 Å². The van der Waals surface area contributed by atoms with Gasteiger partial charge < -0.3 is 15.0 Å². The smallest absolute Gasteiger partial charge is 0.276 e. The maximum atomic E-state index is 12.5. The number of ether oxygens (including phenoxy) is 1. The first-order valence-corrected chi connectivity index (χ1v) is 8.03. The van der Waals surface area contributed by atoms with Gasteiger partial charge in [0.2, 0.25) is 0 Å². The first-order chi connectivity index (χ1) is 11.4. The number of carbonyl (C=O) groups is 1. The van der Waals surface area contributed by atoms with E-state index in [0.717, 1.165) is 18.0 Å². The zero-order valence-electron chi connectivity index (χ0n) is 14.9. The molecule has 1 amide bonds. The first-order valence-electron chi connectivity index (χ1n) is 8.03. The molecule has 7 heteroatoms. The molecule has 0 aliphatic rings. The molecule has 0 aliphatic heterocycles. The van der Waals surface area contributed by atoms with Crippen LogP contribution in [0.25, 0.3) is 5.69 Å². The number of nitrogens with zero attached hydrogens (tertiary/aromatic N) is 4. The van der Waals surface area contributed by atoms with Gasteiger partial charge in [0.25, 0.3) is 5.91 Å². The summed E-state index contributed by atoms with van der Waals surface area (Å²) in [6, 6.07) is 7.57. The number of likely N-dealkylation sites (N-methyl/N-ethyl adjacent to an activating group) is 2. The molecule has 0 unspecified atom stereocenters. The molecule has 0 aliphatic carbocycles. The number of hydrogen-bond donors (Lipinski definition) is 1. The van der Waals surface area contributed by atoms with Crippen LogP contribution in [0.4, 0.5) is 0 Å². The maximum absolute atomic E-state index is 12.5. The summed E-state index contributed by atoms with van der Waals surface area (Å²) in [5.41, 5.74) is 1.93. The van der Waals surface area contributed by atoms with Gasteiger partial charge in [-0.15, -0.1) is 5.10 Å². The van der Waals surface area contributed by atoms with Crippen molar-refractivity contribution in [3.05, 3.63) is 35.7 Å². The third-order valence-electron chi connectivity index (χ3n) is 3.59. The molecule has 1 heterocycles. The molecule has 130 valence electrons. The van der Waals surface area contributed by atoms with E-state index in [1.54, 1.807) is 16.6 Å². The Kier molecular flexibility index (Phi) is 5.92. The van der Waals surface area contributed by atoms with E-state index in [1.165, 1.54) is 0 Å². The summed E-state index contributed by atoms with van der Waals surface area (Å²) < 4.78 is 7.30. The highest BCUT2D eigenvalue weighted by Gasteiger charge is 2.20. The zero-order valence-corrected chi connectivity index (χ0v) is 14.9. The minimum Gasteiger partial charge on any atom is -0.491 e. The van der Waals surface area contributed by atoms with E-state index in [9.17, 15) is 4.79 Å². The Morgan fingerprint density at radius 1 is 1.33 bits per heavy atom. The molecule has 7 nitrogen and oxygen atoms in total. The maximum Gasteiger partial charge on any atom is 0.276 e. The monoisotopic (exact) mass is 331 g/mol. The van der Waals surface area contributed by atoms with Crippen molar-refractivity contribution < 1.29 is 9.53 Å². The quantitative estimate of drug-likeness (QED) is 0.835. The number of hydrogen-bond acceptors (Lipinski definition) is 5. The molecular formula is C17H25N5O2. The predicted octanol–water partition coefficient (Wildman–Crippen LogP) is 1.65. The Labute approximate surface area is 142 Å². The fraction of sp³-hybridized carbons (Fsp3) is 0.471. The average Bonchev–Trinajstić information content (AvgIpc) is 2.93. The second-order valence-electron chi connectivity index (χ2n) is 5.93. The van der Waals surface area contributed by atoms with Gasteiger partial charge in [-0.1, -0.05) is 5.21 Å². The lowest BCUT2D eigenvalue weighted by Crippen LogP contribution is -2.33. The highest BCUT2D eigenvalue weighted by molar-refractivity contribution is 5.93. The second kappa shape index (κ2) is 7.92. The van der Waals surface area contributed by atoms with E-state index in [0.29, 0.717) is 17.9 Å². The summed E-state index contributed by atoms with van der Waals surface area (Å²) in [5, 5.41) is 11.2. The number of nitrogens with one attached hydrogen (secondary N) is 1. The fourth-order valence-corrected chi connectivity index (χ4v) is 2.27. The van der Waals surface area contributed by atoms with Gasteiger partial charge in [-0.3, -0.25) is 4.79 Å². The standard InChI is InChI=1S/C17H25N5O2/c1-12(2)24-15-8-6-14(7-9-15)22-13(3)16(19-20-22)17(23)21(5)11-10-18-4/h6-9,12,18H,10-11H2,1-5H3. The molecule has 0 bridgehead atoms. The van der Waals surface area contributed by atoms with Crippen LogP contribution in [0.5, 0.6) is 5.75 Å². The minimum absolute atomic E-state index is 0.126. The van der Waals surface area contributed by atoms with Crippen molar-refractivity contribution in [2.24, 2.45) is 0 Å². The van der Waals surface area contributed by atoms with Crippen LogP contribution >= 0.6 is 0 Å². The molecule has 2 aromatic rings. The van der Waals surface area contributed by atoms with Crippen LogP contribution in [0, 0.1) is 6.92 Å². The topological polar surface area (TPSA) is 72.3 Å². The molecule has 0 saturated heterocycles. The van der Waals surface area contributed by atoms with Crippen molar-refractivity contribution in [3.8, 4) is 11.4 Å². The van der Waals surface area contributed by atoms with Crippen LogP contribution in [0.3, 0.4) is 0 Å². The largest absolute Gasteiger partial charge is 0.491 e. The lowest BCUT2D eigenvalue weighted by molar-refractivity contribution is 0.0790. The Hall–Kier alpha value is -2.41. The highest BCUT2D eigenvalue weighted by atomic mass is 16.5. The second-order valence-corrected chi connectivity index (χ2v) is 5.93. The van der Waals surface area contributed by atoms with E-state index in [-0.39, 0.29) is 12.0 Å². The highest BCUT2D eigenvalue weighted by Crippen LogP contribution is 2.18. The fourth-order valence-electron chi connectivity index (χ4n) is 2.27. The predicted molar refractivity (Wildman–Crippen MR) is 92.7 cm³/mol. The molecule has 1 aromatic carbocycles. The summed E-state index contributed by atoms with van der Waals surface area (Å²) in [6.45, 7) is 7.16. The van der Waals surface area contributed by atoms with Crippen LogP contribution < -0.4 is 10.1 Å². The van der Waals surface area contributed by atoms with Crippen molar-refractivity contribution >= 4 is 5.91 Å². The van der Waals surface area contributed by atoms with Gasteiger partial charge in [-0.2, -0.15) is 0 Å². The third-order valence-corrected chi connectivity index (χ3v) is 3.59. The van der Waals surface area contributed by atoms with Gasteiger partial charge in [0.05, 0.1) is 17.5 Å². The number of rotatable bonds is 7. The summed E-state index contributed by atoms with van der Waals surface area (Å²) in [6.07, 6.45) is 0.126. The normalized spacial score (nSPS) is 10.9. The van der Waals surface area contributed by atoms with Crippen molar-refractivity contribution in [1.29, 1.82) is 0 Å². The van der Waals surface area contributed by atoms with Gasteiger partial charge in [0.1, 0.15) is 5.75 Å². The lowest BCUT2D eigenvalue weighted by Gasteiger charge is -2.15. The Morgan fingerprint density at radius 3 is 2.58 bits per heavy atom. The number of amides is 1. The van der Waals surface area contributed by atoms with Crippen LogP contribution in [-0.2, 0) is 0 Å². The Bertz CT molecular complexity index is 679. The Balaban J connectivity index is 2.18. The van der Waals surface area contributed by atoms with Gasteiger partial charge in [-0.25, -0.2) is 4.68 Å². The van der Waals surface area contributed by atoms with Crippen LogP contribution in [0.1, 0.15) is 30.0 Å². The van der Waals surface area contributed by atoms with Gasteiger partial charge in [0, 0.05) is 20.1 Å². The van der Waals surface area contributed by atoms with Gasteiger partial charge in [0.15, 0.2) is 5.69 Å². The summed E-state index contributed by atoms with van der Waals surface area (Å²) in [4.78, 5) is 14.1. The van der Waals surface area contributed by atoms with Crippen LogP contribution in [0.2, 0.25) is 0 Å². The van der Waals surface area contributed by atoms with Crippen molar-refractivity contribution in [2.75, 3.05) is 27.2 Å². The minimum atomic E-state index is -0.131. The Morgan fingerprint density at radius 2 is 2.00 bits per heavy atom. The van der Waals surface area contributed by atoms with E-state index in [1.807, 2.05) is 52.1 Å². The number of benzene rings is 1. The molecule has 1 N–H and O–H groups in total. The van der Waals surface area contributed by atoms with E-state index in [4.69, 9.17) is 4.74 Å². The van der Waals surface area contributed by atoms with E-state index < -0.39 is 0 Å². The summed E-state index contributed by atoms with van der Waals surface area (Å²) in [5.74, 6) is 0.670. The van der Waals surface area contributed by atoms with E-state index in [2.05, 4.69) is 15.6 Å². The molecule has 0 radical (unpaired) electrons. The van der Waals surface area contributed by atoms with Crippen LogP contribution in [-0.4, -0.2) is 59.1 Å². The number of carbonyl (C=O) groups excluding carboxylic acids is 1. The van der Waals surface area contributed by atoms with Gasteiger partial charge >= 0.3 is 0 Å².